The van der Waals surface area contributed by atoms with Gasteiger partial charge in [-0.25, -0.2) is 4.79 Å². The highest BCUT2D eigenvalue weighted by molar-refractivity contribution is 5.97. The second-order valence-corrected chi connectivity index (χ2v) is 7.90. The smallest absolute Gasteiger partial charge is 0.333 e. The van der Waals surface area contributed by atoms with Gasteiger partial charge in [0.05, 0.1) is 13.7 Å². The number of anilines is 1. The van der Waals surface area contributed by atoms with E-state index in [0.29, 0.717) is 22.6 Å². The Kier molecular flexibility index (Phi) is 8.80. The molecule has 2 atom stereocenters. The molecule has 2 amide bonds. The van der Waals surface area contributed by atoms with Crippen molar-refractivity contribution in [1.29, 1.82) is 0 Å². The fourth-order valence-electron chi connectivity index (χ4n) is 3.30. The topological polar surface area (TPSA) is 93.7 Å². The van der Waals surface area contributed by atoms with Crippen LogP contribution in [0.5, 0.6) is 5.75 Å². The molecule has 3 rings (SSSR count). The van der Waals surface area contributed by atoms with Crippen LogP contribution in [-0.2, 0) is 14.3 Å². The van der Waals surface area contributed by atoms with Crippen LogP contribution in [0.15, 0.2) is 84.9 Å². The van der Waals surface area contributed by atoms with E-state index in [4.69, 9.17) is 9.47 Å². The summed E-state index contributed by atoms with van der Waals surface area (Å²) in [6, 6.07) is 23.6. The molecule has 0 aliphatic heterocycles. The first-order valence-corrected chi connectivity index (χ1v) is 11.0. The molecule has 0 bridgehead atoms. The quantitative estimate of drug-likeness (QED) is 0.438. The first kappa shape index (κ1) is 24.5. The molecule has 0 fully saturated rings. The SMILES string of the molecule is COc1ccc(NC(=O)CC(C)COC(=O)C(NC(=O)c2ccccc2)c2ccccc2)cc1. The van der Waals surface area contributed by atoms with Gasteiger partial charge >= 0.3 is 5.97 Å². The third-order valence-corrected chi connectivity index (χ3v) is 5.10. The van der Waals surface area contributed by atoms with Crippen molar-refractivity contribution >= 4 is 23.5 Å². The van der Waals surface area contributed by atoms with Gasteiger partial charge < -0.3 is 20.1 Å². The summed E-state index contributed by atoms with van der Waals surface area (Å²) in [4.78, 5) is 37.9. The average molecular weight is 461 g/mol. The summed E-state index contributed by atoms with van der Waals surface area (Å²) in [6.45, 7) is 1.86. The molecule has 0 heterocycles. The molecule has 0 aromatic heterocycles. The van der Waals surface area contributed by atoms with Gasteiger partial charge in [-0.1, -0.05) is 55.5 Å². The fourth-order valence-corrected chi connectivity index (χ4v) is 3.30. The predicted molar refractivity (Wildman–Crippen MR) is 129 cm³/mol. The molecule has 2 N–H and O–H groups in total. The monoisotopic (exact) mass is 460 g/mol. The Morgan fingerprint density at radius 1 is 0.853 bits per heavy atom. The summed E-state index contributed by atoms with van der Waals surface area (Å²) in [5.74, 6) is -0.670. The predicted octanol–water partition coefficient (Wildman–Crippen LogP) is 4.37. The van der Waals surface area contributed by atoms with Gasteiger partial charge in [0.15, 0.2) is 6.04 Å². The van der Waals surface area contributed by atoms with Crippen LogP contribution in [0.1, 0.15) is 35.3 Å². The van der Waals surface area contributed by atoms with Crippen molar-refractivity contribution in [1.82, 2.24) is 5.32 Å². The average Bonchev–Trinajstić information content (AvgIpc) is 2.87. The lowest BCUT2D eigenvalue weighted by Crippen LogP contribution is -2.35. The molecule has 0 spiro atoms. The second kappa shape index (κ2) is 12.2. The van der Waals surface area contributed by atoms with E-state index < -0.39 is 12.0 Å². The van der Waals surface area contributed by atoms with Crippen LogP contribution >= 0.6 is 0 Å². The lowest BCUT2D eigenvalue weighted by molar-refractivity contribution is -0.147. The van der Waals surface area contributed by atoms with Crippen LogP contribution < -0.4 is 15.4 Å². The number of rotatable bonds is 10. The maximum Gasteiger partial charge on any atom is 0.333 e. The van der Waals surface area contributed by atoms with Crippen molar-refractivity contribution in [3.05, 3.63) is 96.1 Å². The van der Waals surface area contributed by atoms with E-state index in [0.717, 1.165) is 0 Å². The molecule has 0 saturated carbocycles. The van der Waals surface area contributed by atoms with Crippen molar-refractivity contribution < 1.29 is 23.9 Å². The fraction of sp³-hybridized carbons (Fsp3) is 0.222. The number of nitrogens with one attached hydrogen (secondary N) is 2. The molecular formula is C27H28N2O5. The van der Waals surface area contributed by atoms with Gasteiger partial charge in [-0.2, -0.15) is 0 Å². The molecule has 0 aliphatic carbocycles. The number of carbonyl (C=O) groups is 3. The zero-order valence-corrected chi connectivity index (χ0v) is 19.2. The molecule has 0 radical (unpaired) electrons. The van der Waals surface area contributed by atoms with E-state index in [9.17, 15) is 14.4 Å². The van der Waals surface area contributed by atoms with Crippen molar-refractivity contribution in [2.24, 2.45) is 5.92 Å². The Bertz CT molecular complexity index is 1090. The van der Waals surface area contributed by atoms with E-state index in [2.05, 4.69) is 10.6 Å². The normalized spacial score (nSPS) is 12.2. The first-order valence-electron chi connectivity index (χ1n) is 11.0. The van der Waals surface area contributed by atoms with E-state index in [1.165, 1.54) is 0 Å². The zero-order valence-electron chi connectivity index (χ0n) is 19.2. The number of esters is 1. The van der Waals surface area contributed by atoms with Crippen molar-refractivity contribution in [2.45, 2.75) is 19.4 Å². The number of methoxy groups -OCH3 is 1. The minimum absolute atomic E-state index is 0.0411. The molecule has 0 saturated heterocycles. The van der Waals surface area contributed by atoms with Gasteiger partial charge in [0.25, 0.3) is 5.91 Å². The van der Waals surface area contributed by atoms with Gasteiger partial charge in [0.1, 0.15) is 5.75 Å². The Morgan fingerprint density at radius 3 is 2.09 bits per heavy atom. The summed E-state index contributed by atoms with van der Waals surface area (Å²) >= 11 is 0. The lowest BCUT2D eigenvalue weighted by atomic mass is 10.1. The van der Waals surface area contributed by atoms with Crippen LogP contribution in [0.25, 0.3) is 0 Å². The van der Waals surface area contributed by atoms with Crippen molar-refractivity contribution in [2.75, 3.05) is 19.0 Å². The van der Waals surface area contributed by atoms with Crippen LogP contribution in [0, 0.1) is 5.92 Å². The van der Waals surface area contributed by atoms with Crippen LogP contribution in [0.3, 0.4) is 0 Å². The third kappa shape index (κ3) is 7.20. The number of benzene rings is 3. The summed E-state index contributed by atoms with van der Waals surface area (Å²) in [6.07, 6.45) is 0.172. The van der Waals surface area contributed by atoms with E-state index in [1.807, 2.05) is 19.1 Å². The second-order valence-electron chi connectivity index (χ2n) is 7.90. The molecule has 0 aliphatic rings. The minimum atomic E-state index is -0.964. The first-order chi connectivity index (χ1) is 16.5. The highest BCUT2D eigenvalue weighted by Gasteiger charge is 2.25. The van der Waals surface area contributed by atoms with Crippen molar-refractivity contribution in [3.63, 3.8) is 0 Å². The van der Waals surface area contributed by atoms with E-state index in [1.54, 1.807) is 79.9 Å². The molecule has 2 unspecified atom stereocenters. The molecule has 176 valence electrons. The number of carbonyl (C=O) groups excluding carboxylic acids is 3. The van der Waals surface area contributed by atoms with Crippen molar-refractivity contribution in [3.8, 4) is 5.75 Å². The Morgan fingerprint density at radius 2 is 1.47 bits per heavy atom. The zero-order chi connectivity index (χ0) is 24.3. The highest BCUT2D eigenvalue weighted by atomic mass is 16.5. The lowest BCUT2D eigenvalue weighted by Gasteiger charge is -2.20. The van der Waals surface area contributed by atoms with Gasteiger partial charge in [0.2, 0.25) is 5.91 Å². The Labute approximate surface area is 199 Å². The molecule has 7 nitrogen and oxygen atoms in total. The summed E-state index contributed by atoms with van der Waals surface area (Å²) in [7, 11) is 1.58. The molecule has 7 heteroatoms. The van der Waals surface area contributed by atoms with Crippen LogP contribution in [-0.4, -0.2) is 31.5 Å². The molecule has 3 aromatic rings. The van der Waals surface area contributed by atoms with Crippen LogP contribution in [0.2, 0.25) is 0 Å². The number of ether oxygens (including phenoxy) is 2. The summed E-state index contributed by atoms with van der Waals surface area (Å²) in [5.41, 5.74) is 1.71. The molecule has 34 heavy (non-hydrogen) atoms. The summed E-state index contributed by atoms with van der Waals surface area (Å²) < 4.78 is 10.6. The van der Waals surface area contributed by atoms with Crippen LogP contribution in [0.4, 0.5) is 5.69 Å². The van der Waals surface area contributed by atoms with Gasteiger partial charge in [-0.15, -0.1) is 0 Å². The number of amides is 2. The largest absolute Gasteiger partial charge is 0.497 e. The van der Waals surface area contributed by atoms with Gasteiger partial charge in [-0.3, -0.25) is 9.59 Å². The van der Waals surface area contributed by atoms with E-state index in [-0.39, 0.29) is 30.8 Å². The minimum Gasteiger partial charge on any atom is -0.497 e. The number of hydrogen-bond donors (Lipinski definition) is 2. The van der Waals surface area contributed by atoms with E-state index >= 15 is 0 Å². The number of hydrogen-bond acceptors (Lipinski definition) is 5. The summed E-state index contributed by atoms with van der Waals surface area (Å²) in [5, 5.41) is 5.57. The third-order valence-electron chi connectivity index (χ3n) is 5.10. The highest BCUT2D eigenvalue weighted by Crippen LogP contribution is 2.18. The standard InChI is InChI=1S/C27H28N2O5/c1-19(17-24(30)28-22-13-15-23(33-2)16-14-22)18-34-27(32)25(20-9-5-3-6-10-20)29-26(31)21-11-7-4-8-12-21/h3-16,19,25H,17-18H2,1-2H3,(H,28,30)(H,29,31). The Balaban J connectivity index is 1.56. The molecular weight excluding hydrogens is 432 g/mol. The van der Waals surface area contributed by atoms with Gasteiger partial charge in [-0.05, 0) is 47.9 Å². The maximum absolute atomic E-state index is 12.9. The maximum atomic E-state index is 12.9. The Hall–Kier alpha value is -4.13. The molecule has 3 aromatic carbocycles. The van der Waals surface area contributed by atoms with Gasteiger partial charge in [0, 0.05) is 17.7 Å².